The summed E-state index contributed by atoms with van der Waals surface area (Å²) in [6.07, 6.45) is 5.91. The first kappa shape index (κ1) is 13.5. The SMILES string of the molecule is Cc1ccc(F)c(C(NN)C2(C)CCCCC2)c1. The van der Waals surface area contributed by atoms with Gasteiger partial charge in [0.05, 0.1) is 6.04 Å². The van der Waals surface area contributed by atoms with Gasteiger partial charge in [-0.3, -0.25) is 11.3 Å². The van der Waals surface area contributed by atoms with Crippen LogP contribution in [0.5, 0.6) is 0 Å². The molecule has 1 fully saturated rings. The number of halogens is 1. The fourth-order valence-electron chi connectivity index (χ4n) is 3.20. The van der Waals surface area contributed by atoms with E-state index in [1.165, 1.54) is 19.3 Å². The van der Waals surface area contributed by atoms with E-state index in [0.29, 0.717) is 5.56 Å². The van der Waals surface area contributed by atoms with Crippen LogP contribution in [0.3, 0.4) is 0 Å². The van der Waals surface area contributed by atoms with Gasteiger partial charge in [-0.2, -0.15) is 0 Å². The third-order valence-electron chi connectivity index (χ3n) is 4.32. The lowest BCUT2D eigenvalue weighted by Gasteiger charge is -2.40. The highest BCUT2D eigenvalue weighted by atomic mass is 19.1. The highest BCUT2D eigenvalue weighted by Gasteiger charge is 2.37. The molecule has 0 saturated heterocycles. The van der Waals surface area contributed by atoms with Crippen molar-refractivity contribution in [3.05, 3.63) is 35.1 Å². The Morgan fingerprint density at radius 2 is 1.94 bits per heavy atom. The first-order chi connectivity index (χ1) is 8.57. The van der Waals surface area contributed by atoms with Crippen molar-refractivity contribution in [2.24, 2.45) is 11.3 Å². The zero-order chi connectivity index (χ0) is 13.2. The van der Waals surface area contributed by atoms with Crippen LogP contribution in [0.4, 0.5) is 4.39 Å². The lowest BCUT2D eigenvalue weighted by Crippen LogP contribution is -2.41. The Hall–Kier alpha value is -0.930. The minimum atomic E-state index is -0.157. The summed E-state index contributed by atoms with van der Waals surface area (Å²) in [6.45, 7) is 4.21. The van der Waals surface area contributed by atoms with Crippen LogP contribution in [0.25, 0.3) is 0 Å². The van der Waals surface area contributed by atoms with Crippen molar-refractivity contribution >= 4 is 0 Å². The van der Waals surface area contributed by atoms with Crippen LogP contribution in [0.15, 0.2) is 18.2 Å². The number of hydrogen-bond donors (Lipinski definition) is 2. The Balaban J connectivity index is 2.35. The van der Waals surface area contributed by atoms with Crippen molar-refractivity contribution in [3.63, 3.8) is 0 Å². The summed E-state index contributed by atoms with van der Waals surface area (Å²) in [5.41, 5.74) is 4.70. The molecule has 18 heavy (non-hydrogen) atoms. The molecule has 0 bridgehead atoms. The van der Waals surface area contributed by atoms with Crippen LogP contribution in [0.2, 0.25) is 0 Å². The lowest BCUT2D eigenvalue weighted by molar-refractivity contribution is 0.142. The van der Waals surface area contributed by atoms with Crippen LogP contribution in [0.1, 0.15) is 56.2 Å². The molecule has 0 radical (unpaired) electrons. The number of hydrogen-bond acceptors (Lipinski definition) is 2. The highest BCUT2D eigenvalue weighted by Crippen LogP contribution is 2.45. The number of nitrogens with two attached hydrogens (primary N) is 1. The van der Waals surface area contributed by atoms with Crippen molar-refractivity contribution < 1.29 is 4.39 Å². The van der Waals surface area contributed by atoms with Gasteiger partial charge in [0.2, 0.25) is 0 Å². The van der Waals surface area contributed by atoms with Crippen LogP contribution in [0, 0.1) is 18.2 Å². The number of hydrazine groups is 1. The van der Waals surface area contributed by atoms with Gasteiger partial charge in [0, 0.05) is 5.56 Å². The summed E-state index contributed by atoms with van der Waals surface area (Å²) in [6, 6.07) is 5.16. The molecule has 100 valence electrons. The van der Waals surface area contributed by atoms with Gasteiger partial charge in [-0.05, 0) is 31.2 Å². The molecule has 1 atom stereocenters. The molecule has 0 aliphatic heterocycles. The number of rotatable bonds is 3. The molecule has 2 nitrogen and oxygen atoms in total. The van der Waals surface area contributed by atoms with Crippen LogP contribution in [-0.4, -0.2) is 0 Å². The van der Waals surface area contributed by atoms with E-state index in [1.54, 1.807) is 12.1 Å². The van der Waals surface area contributed by atoms with Gasteiger partial charge < -0.3 is 0 Å². The van der Waals surface area contributed by atoms with E-state index in [4.69, 9.17) is 5.84 Å². The molecule has 1 saturated carbocycles. The highest BCUT2D eigenvalue weighted by molar-refractivity contribution is 5.28. The summed E-state index contributed by atoms with van der Waals surface area (Å²) in [7, 11) is 0. The maximum atomic E-state index is 14.0. The summed E-state index contributed by atoms with van der Waals surface area (Å²) in [5.74, 6) is 5.57. The van der Waals surface area contributed by atoms with Crippen molar-refractivity contribution in [1.82, 2.24) is 5.43 Å². The molecule has 0 heterocycles. The van der Waals surface area contributed by atoms with E-state index in [0.717, 1.165) is 18.4 Å². The van der Waals surface area contributed by atoms with Gasteiger partial charge in [0.25, 0.3) is 0 Å². The van der Waals surface area contributed by atoms with Crippen molar-refractivity contribution in [1.29, 1.82) is 0 Å². The van der Waals surface area contributed by atoms with Gasteiger partial charge in [0.1, 0.15) is 5.82 Å². The quantitative estimate of drug-likeness (QED) is 0.635. The normalized spacial score (nSPS) is 20.7. The molecular formula is C15H23FN2. The van der Waals surface area contributed by atoms with Gasteiger partial charge >= 0.3 is 0 Å². The van der Waals surface area contributed by atoms with E-state index in [9.17, 15) is 4.39 Å². The van der Waals surface area contributed by atoms with Gasteiger partial charge in [-0.1, -0.05) is 43.9 Å². The molecule has 0 spiro atoms. The number of nitrogens with one attached hydrogen (secondary N) is 1. The maximum Gasteiger partial charge on any atom is 0.128 e. The Morgan fingerprint density at radius 1 is 1.28 bits per heavy atom. The lowest BCUT2D eigenvalue weighted by atomic mass is 9.68. The van der Waals surface area contributed by atoms with E-state index in [1.807, 2.05) is 13.0 Å². The first-order valence-corrected chi connectivity index (χ1v) is 6.79. The van der Waals surface area contributed by atoms with Gasteiger partial charge in [0.15, 0.2) is 0 Å². The Bertz CT molecular complexity index is 411. The third-order valence-corrected chi connectivity index (χ3v) is 4.32. The molecule has 1 aliphatic carbocycles. The monoisotopic (exact) mass is 250 g/mol. The number of benzene rings is 1. The second-order valence-electron chi connectivity index (χ2n) is 5.84. The standard InChI is InChI=1S/C15H23FN2/c1-11-6-7-13(16)12(10-11)14(18-17)15(2)8-4-3-5-9-15/h6-7,10,14,18H,3-5,8-9,17H2,1-2H3. The molecule has 3 heteroatoms. The van der Waals surface area contributed by atoms with Crippen molar-refractivity contribution in [3.8, 4) is 0 Å². The predicted molar refractivity (Wildman–Crippen MR) is 72.4 cm³/mol. The van der Waals surface area contributed by atoms with E-state index in [-0.39, 0.29) is 17.3 Å². The first-order valence-electron chi connectivity index (χ1n) is 6.79. The van der Waals surface area contributed by atoms with Crippen LogP contribution < -0.4 is 11.3 Å². The molecule has 0 amide bonds. The molecule has 1 unspecified atom stereocenters. The Kier molecular flexibility index (Phi) is 4.03. The molecule has 3 N–H and O–H groups in total. The fraction of sp³-hybridized carbons (Fsp3) is 0.600. The zero-order valence-electron chi connectivity index (χ0n) is 11.3. The smallest absolute Gasteiger partial charge is 0.128 e. The molecule has 1 aromatic carbocycles. The summed E-state index contributed by atoms with van der Waals surface area (Å²) in [5, 5.41) is 0. The molecule has 1 aromatic rings. The Morgan fingerprint density at radius 3 is 2.56 bits per heavy atom. The predicted octanol–water partition coefficient (Wildman–Crippen LogP) is 3.61. The minimum absolute atomic E-state index is 0.0572. The average Bonchev–Trinajstić information content (AvgIpc) is 2.35. The van der Waals surface area contributed by atoms with Crippen LogP contribution in [-0.2, 0) is 0 Å². The van der Waals surface area contributed by atoms with Crippen LogP contribution >= 0.6 is 0 Å². The number of aryl methyl sites for hydroxylation is 1. The van der Waals surface area contributed by atoms with Crippen molar-refractivity contribution in [2.75, 3.05) is 0 Å². The second kappa shape index (κ2) is 5.37. The third kappa shape index (κ3) is 2.57. The molecular weight excluding hydrogens is 227 g/mol. The summed E-state index contributed by atoms with van der Waals surface area (Å²) in [4.78, 5) is 0. The summed E-state index contributed by atoms with van der Waals surface area (Å²) < 4.78 is 14.0. The van der Waals surface area contributed by atoms with Gasteiger partial charge in [-0.25, -0.2) is 4.39 Å². The Labute approximate surface area is 109 Å². The second-order valence-corrected chi connectivity index (χ2v) is 5.84. The van der Waals surface area contributed by atoms with E-state index in [2.05, 4.69) is 12.3 Å². The molecule has 2 rings (SSSR count). The molecule has 1 aliphatic rings. The fourth-order valence-corrected chi connectivity index (χ4v) is 3.20. The van der Waals surface area contributed by atoms with E-state index >= 15 is 0 Å². The van der Waals surface area contributed by atoms with E-state index < -0.39 is 0 Å². The zero-order valence-corrected chi connectivity index (χ0v) is 11.3. The topological polar surface area (TPSA) is 38.0 Å². The van der Waals surface area contributed by atoms with Gasteiger partial charge in [-0.15, -0.1) is 0 Å². The maximum absolute atomic E-state index is 14.0. The molecule has 0 aromatic heterocycles. The largest absolute Gasteiger partial charge is 0.271 e. The van der Waals surface area contributed by atoms with Crippen molar-refractivity contribution in [2.45, 2.75) is 52.0 Å². The minimum Gasteiger partial charge on any atom is -0.271 e. The summed E-state index contributed by atoms with van der Waals surface area (Å²) >= 11 is 0. The average molecular weight is 250 g/mol.